The topological polar surface area (TPSA) is 46.2 Å². The Morgan fingerprint density at radius 1 is 0.615 bits per heavy atom. The van der Waals surface area contributed by atoms with Crippen molar-refractivity contribution in [3.05, 3.63) is 138 Å². The number of rotatable bonds is 9. The molecule has 2 aliphatic heterocycles. The molecule has 0 amide bonds. The molecule has 5 nitrogen and oxygen atoms in total. The Labute approximate surface area is 234 Å². The van der Waals surface area contributed by atoms with E-state index in [9.17, 15) is 0 Å². The van der Waals surface area contributed by atoms with Crippen molar-refractivity contribution in [1.29, 1.82) is 0 Å². The number of fused-ring (bicyclic) bond motifs is 1. The van der Waals surface area contributed by atoms with Gasteiger partial charge in [0.15, 0.2) is 6.29 Å². The molecule has 6 atom stereocenters. The predicted molar refractivity (Wildman–Crippen MR) is 151 cm³/mol. The molecule has 200 valence electrons. The van der Waals surface area contributed by atoms with Gasteiger partial charge in [-0.25, -0.2) is 0 Å². The number of thioether (sulfide) groups is 1. The third-order valence-electron chi connectivity index (χ3n) is 6.92. The maximum Gasteiger partial charge on any atom is 0.184 e. The Balaban J connectivity index is 1.30. The number of hydrogen-bond donors (Lipinski definition) is 0. The fraction of sp³-hybridized carbons (Fsp3) is 0.273. The fourth-order valence-electron chi connectivity index (χ4n) is 4.95. The summed E-state index contributed by atoms with van der Waals surface area (Å²) in [6, 6.07) is 40.7. The Kier molecular flexibility index (Phi) is 8.70. The summed E-state index contributed by atoms with van der Waals surface area (Å²) in [6.45, 7) is 1.30. The molecule has 2 heterocycles. The minimum Gasteiger partial charge on any atom is -0.368 e. The Hall–Kier alpha value is -2.97. The lowest BCUT2D eigenvalue weighted by Gasteiger charge is -2.49. The molecule has 6 heteroatoms. The Morgan fingerprint density at radius 3 is 1.77 bits per heavy atom. The summed E-state index contributed by atoms with van der Waals surface area (Å²) in [4.78, 5) is 1.11. The van der Waals surface area contributed by atoms with Gasteiger partial charge in [0.2, 0.25) is 0 Å². The van der Waals surface area contributed by atoms with E-state index in [0.717, 1.165) is 21.6 Å². The Bertz CT molecular complexity index is 1270. The van der Waals surface area contributed by atoms with E-state index in [1.54, 1.807) is 11.8 Å². The highest BCUT2D eigenvalue weighted by Crippen LogP contribution is 2.41. The number of benzene rings is 4. The molecular formula is C33H32O5S. The molecule has 2 fully saturated rings. The quantitative estimate of drug-likeness (QED) is 0.233. The molecule has 4 aromatic rings. The van der Waals surface area contributed by atoms with Crippen LogP contribution in [0, 0.1) is 0 Å². The summed E-state index contributed by atoms with van der Waals surface area (Å²) in [6.07, 6.45) is -1.89. The molecule has 2 saturated heterocycles. The molecule has 0 bridgehead atoms. The van der Waals surface area contributed by atoms with E-state index in [1.165, 1.54) is 0 Å². The van der Waals surface area contributed by atoms with Gasteiger partial charge in [0.05, 0.1) is 19.8 Å². The second-order valence-electron chi connectivity index (χ2n) is 9.67. The predicted octanol–water partition coefficient (Wildman–Crippen LogP) is 6.79. The van der Waals surface area contributed by atoms with E-state index in [1.807, 2.05) is 84.9 Å². The molecule has 0 radical (unpaired) electrons. The monoisotopic (exact) mass is 540 g/mol. The van der Waals surface area contributed by atoms with Crippen molar-refractivity contribution in [3.63, 3.8) is 0 Å². The van der Waals surface area contributed by atoms with Gasteiger partial charge in [-0.05, 0) is 23.3 Å². The Morgan fingerprint density at radius 2 is 1.15 bits per heavy atom. The molecular weight excluding hydrogens is 508 g/mol. The highest BCUT2D eigenvalue weighted by Gasteiger charge is 2.51. The first kappa shape index (κ1) is 26.3. The average Bonchev–Trinajstić information content (AvgIpc) is 3.01. The standard InChI is InChI=1S/C33H32O5S/c1-5-13-24(14-6-1)21-34-30-29-28(23-36-32(38-29)26-17-9-3-10-18-26)37-33(39-27-19-11-4-12-20-27)31(30)35-22-25-15-7-2-8-16-25/h1-20,28-33H,21-23H2/t28-,29-,30+,31-,32-,33+/m1/s1. The largest absolute Gasteiger partial charge is 0.368 e. The van der Waals surface area contributed by atoms with Crippen LogP contribution in [0.1, 0.15) is 23.0 Å². The van der Waals surface area contributed by atoms with E-state index in [-0.39, 0.29) is 29.9 Å². The van der Waals surface area contributed by atoms with Gasteiger partial charge < -0.3 is 23.7 Å². The molecule has 0 unspecified atom stereocenters. The first-order chi connectivity index (χ1) is 19.3. The summed E-state index contributed by atoms with van der Waals surface area (Å²) < 4.78 is 32.8. The van der Waals surface area contributed by atoms with Crippen molar-refractivity contribution >= 4 is 11.8 Å². The minimum absolute atomic E-state index is 0.288. The zero-order valence-corrected chi connectivity index (χ0v) is 22.4. The zero-order chi connectivity index (χ0) is 26.3. The van der Waals surface area contributed by atoms with Crippen LogP contribution in [0.2, 0.25) is 0 Å². The van der Waals surface area contributed by atoms with E-state index in [2.05, 4.69) is 36.4 Å². The second-order valence-corrected chi connectivity index (χ2v) is 10.8. The van der Waals surface area contributed by atoms with E-state index >= 15 is 0 Å². The lowest BCUT2D eigenvalue weighted by Crippen LogP contribution is -2.62. The third kappa shape index (κ3) is 6.61. The van der Waals surface area contributed by atoms with Gasteiger partial charge in [-0.2, -0.15) is 0 Å². The maximum absolute atomic E-state index is 6.69. The third-order valence-corrected chi connectivity index (χ3v) is 8.08. The van der Waals surface area contributed by atoms with Crippen LogP contribution in [0.3, 0.4) is 0 Å². The first-order valence-electron chi connectivity index (χ1n) is 13.3. The first-order valence-corrected chi connectivity index (χ1v) is 14.2. The molecule has 0 aromatic heterocycles. The van der Waals surface area contributed by atoms with Crippen molar-refractivity contribution in [1.82, 2.24) is 0 Å². The summed E-state index contributed by atoms with van der Waals surface area (Å²) >= 11 is 1.65. The molecule has 0 spiro atoms. The molecule has 4 aromatic carbocycles. The van der Waals surface area contributed by atoms with Crippen molar-refractivity contribution in [2.75, 3.05) is 6.61 Å². The van der Waals surface area contributed by atoms with Gasteiger partial charge in [0.1, 0.15) is 29.9 Å². The van der Waals surface area contributed by atoms with Gasteiger partial charge in [-0.1, -0.05) is 121 Å². The molecule has 6 rings (SSSR count). The van der Waals surface area contributed by atoms with Crippen LogP contribution < -0.4 is 0 Å². The lowest BCUT2D eigenvalue weighted by molar-refractivity contribution is -0.329. The zero-order valence-electron chi connectivity index (χ0n) is 21.6. The van der Waals surface area contributed by atoms with Crippen LogP contribution in [0.5, 0.6) is 0 Å². The summed E-state index contributed by atoms with van der Waals surface area (Å²) in [5, 5.41) is 0. The molecule has 0 N–H and O–H groups in total. The van der Waals surface area contributed by atoms with Gasteiger partial charge in [-0.15, -0.1) is 0 Å². The highest BCUT2D eigenvalue weighted by molar-refractivity contribution is 7.99. The minimum atomic E-state index is -0.494. The summed E-state index contributed by atoms with van der Waals surface area (Å²) in [5.74, 6) is 0. The van der Waals surface area contributed by atoms with Gasteiger partial charge in [-0.3, -0.25) is 0 Å². The van der Waals surface area contributed by atoms with E-state index < -0.39 is 6.29 Å². The second kappa shape index (κ2) is 12.9. The van der Waals surface area contributed by atoms with Crippen LogP contribution in [0.4, 0.5) is 0 Å². The molecule has 0 saturated carbocycles. The number of ether oxygens (including phenoxy) is 5. The van der Waals surface area contributed by atoms with Crippen molar-refractivity contribution < 1.29 is 23.7 Å². The molecule has 0 aliphatic carbocycles. The SMILES string of the molecule is c1ccc(CO[C@@H]2[C@@H](OCc3ccccc3)[C@H](Sc3ccccc3)O[C@@H]3CO[C@@H](c4ccccc4)O[C@@H]23)cc1. The smallest absolute Gasteiger partial charge is 0.184 e. The summed E-state index contributed by atoms with van der Waals surface area (Å²) in [7, 11) is 0. The normalized spacial score (nSPS) is 26.6. The van der Waals surface area contributed by atoms with E-state index in [4.69, 9.17) is 23.7 Å². The van der Waals surface area contributed by atoms with Crippen LogP contribution in [-0.4, -0.2) is 36.5 Å². The van der Waals surface area contributed by atoms with Gasteiger partial charge >= 0.3 is 0 Å². The van der Waals surface area contributed by atoms with Crippen LogP contribution in [0.25, 0.3) is 0 Å². The van der Waals surface area contributed by atoms with Crippen LogP contribution >= 0.6 is 11.8 Å². The van der Waals surface area contributed by atoms with Gasteiger partial charge in [0.25, 0.3) is 0 Å². The molecule has 2 aliphatic rings. The fourth-order valence-corrected chi connectivity index (χ4v) is 6.10. The maximum atomic E-state index is 6.69. The number of hydrogen-bond acceptors (Lipinski definition) is 6. The van der Waals surface area contributed by atoms with Crippen molar-refractivity contribution in [2.24, 2.45) is 0 Å². The van der Waals surface area contributed by atoms with Gasteiger partial charge in [0, 0.05) is 10.5 Å². The van der Waals surface area contributed by atoms with Crippen molar-refractivity contribution in [3.8, 4) is 0 Å². The summed E-state index contributed by atoms with van der Waals surface area (Å²) in [5.41, 5.74) is 2.86. The average molecular weight is 541 g/mol. The van der Waals surface area contributed by atoms with Crippen LogP contribution in [0.15, 0.2) is 126 Å². The molecule has 39 heavy (non-hydrogen) atoms. The highest BCUT2D eigenvalue weighted by atomic mass is 32.2. The van der Waals surface area contributed by atoms with Crippen LogP contribution in [-0.2, 0) is 36.9 Å². The van der Waals surface area contributed by atoms with E-state index in [0.29, 0.717) is 19.8 Å². The van der Waals surface area contributed by atoms with Crippen molar-refractivity contribution in [2.45, 2.75) is 54.3 Å². The lowest BCUT2D eigenvalue weighted by atomic mass is 9.98.